The van der Waals surface area contributed by atoms with Crippen molar-refractivity contribution in [2.24, 2.45) is 0 Å². The SMILES string of the molecule is O=[N+]([O-])c1cc(CN2CCOCC2)ccc1Br. The molecule has 1 aromatic rings. The Morgan fingerprint density at radius 2 is 2.12 bits per heavy atom. The van der Waals surface area contributed by atoms with E-state index in [4.69, 9.17) is 4.74 Å². The summed E-state index contributed by atoms with van der Waals surface area (Å²) in [5, 5.41) is 10.8. The van der Waals surface area contributed by atoms with Crippen molar-refractivity contribution in [3.63, 3.8) is 0 Å². The van der Waals surface area contributed by atoms with Crippen LogP contribution in [0.2, 0.25) is 0 Å². The molecule has 0 aliphatic carbocycles. The molecule has 1 saturated heterocycles. The van der Waals surface area contributed by atoms with Crippen LogP contribution in [-0.4, -0.2) is 36.1 Å². The van der Waals surface area contributed by atoms with Crippen LogP contribution >= 0.6 is 15.9 Å². The van der Waals surface area contributed by atoms with E-state index in [1.165, 1.54) is 0 Å². The van der Waals surface area contributed by atoms with E-state index in [1.54, 1.807) is 12.1 Å². The Hall–Kier alpha value is -0.980. The first-order valence-electron chi connectivity index (χ1n) is 5.40. The predicted molar refractivity (Wildman–Crippen MR) is 66.9 cm³/mol. The minimum Gasteiger partial charge on any atom is -0.379 e. The van der Waals surface area contributed by atoms with Gasteiger partial charge in [-0.3, -0.25) is 15.0 Å². The Labute approximate surface area is 108 Å². The van der Waals surface area contributed by atoms with Crippen molar-refractivity contribution >= 4 is 21.6 Å². The second kappa shape index (κ2) is 5.57. The van der Waals surface area contributed by atoms with Crippen LogP contribution in [0.4, 0.5) is 5.69 Å². The molecule has 1 aliphatic rings. The highest BCUT2D eigenvalue weighted by Gasteiger charge is 2.15. The van der Waals surface area contributed by atoms with Crippen molar-refractivity contribution in [2.75, 3.05) is 26.3 Å². The summed E-state index contributed by atoms with van der Waals surface area (Å²) < 4.78 is 5.78. The molecule has 6 heteroatoms. The maximum absolute atomic E-state index is 10.8. The summed E-state index contributed by atoms with van der Waals surface area (Å²) in [6, 6.07) is 5.26. The number of hydrogen-bond donors (Lipinski definition) is 0. The fourth-order valence-electron chi connectivity index (χ4n) is 1.81. The smallest absolute Gasteiger partial charge is 0.283 e. The van der Waals surface area contributed by atoms with Crippen molar-refractivity contribution in [3.8, 4) is 0 Å². The summed E-state index contributed by atoms with van der Waals surface area (Å²) in [5.74, 6) is 0. The first-order valence-corrected chi connectivity index (χ1v) is 6.19. The number of morpholine rings is 1. The van der Waals surface area contributed by atoms with E-state index in [0.717, 1.165) is 38.4 Å². The molecule has 2 rings (SSSR count). The summed E-state index contributed by atoms with van der Waals surface area (Å²) in [7, 11) is 0. The molecule has 0 bridgehead atoms. The normalized spacial score (nSPS) is 17.0. The zero-order valence-corrected chi connectivity index (χ0v) is 10.9. The monoisotopic (exact) mass is 300 g/mol. The lowest BCUT2D eigenvalue weighted by atomic mass is 10.2. The lowest BCUT2D eigenvalue weighted by Crippen LogP contribution is -2.35. The van der Waals surface area contributed by atoms with E-state index in [0.29, 0.717) is 4.47 Å². The van der Waals surface area contributed by atoms with E-state index < -0.39 is 0 Å². The Balaban J connectivity index is 2.10. The number of benzene rings is 1. The van der Waals surface area contributed by atoms with Crippen LogP contribution in [0.15, 0.2) is 22.7 Å². The summed E-state index contributed by atoms with van der Waals surface area (Å²) in [6.07, 6.45) is 0. The molecule has 0 saturated carbocycles. The predicted octanol–water partition coefficient (Wildman–Crippen LogP) is 2.19. The molecule has 17 heavy (non-hydrogen) atoms. The maximum atomic E-state index is 10.8. The molecule has 1 fully saturated rings. The molecule has 1 aliphatic heterocycles. The number of ether oxygens (including phenoxy) is 1. The Morgan fingerprint density at radius 3 is 2.76 bits per heavy atom. The summed E-state index contributed by atoms with van der Waals surface area (Å²) >= 11 is 3.18. The molecule has 0 N–H and O–H groups in total. The molecule has 5 nitrogen and oxygen atoms in total. The van der Waals surface area contributed by atoms with Crippen LogP contribution in [0.3, 0.4) is 0 Å². The average Bonchev–Trinajstić information content (AvgIpc) is 2.32. The first kappa shape index (κ1) is 12.5. The van der Waals surface area contributed by atoms with Gasteiger partial charge in [0.2, 0.25) is 0 Å². The van der Waals surface area contributed by atoms with E-state index in [-0.39, 0.29) is 10.6 Å². The van der Waals surface area contributed by atoms with Gasteiger partial charge in [0.15, 0.2) is 0 Å². The van der Waals surface area contributed by atoms with Gasteiger partial charge in [0.1, 0.15) is 0 Å². The minimum absolute atomic E-state index is 0.121. The van der Waals surface area contributed by atoms with Crippen LogP contribution in [0.25, 0.3) is 0 Å². The van der Waals surface area contributed by atoms with E-state index >= 15 is 0 Å². The van der Waals surface area contributed by atoms with Crippen molar-refractivity contribution in [1.82, 2.24) is 4.90 Å². The Morgan fingerprint density at radius 1 is 1.41 bits per heavy atom. The number of nitrogens with zero attached hydrogens (tertiary/aromatic N) is 2. The first-order chi connectivity index (χ1) is 8.16. The molecule has 0 atom stereocenters. The zero-order valence-electron chi connectivity index (χ0n) is 9.26. The maximum Gasteiger partial charge on any atom is 0.283 e. The van der Waals surface area contributed by atoms with Crippen molar-refractivity contribution in [3.05, 3.63) is 38.3 Å². The highest BCUT2D eigenvalue weighted by Crippen LogP contribution is 2.26. The van der Waals surface area contributed by atoms with Gasteiger partial charge in [0.25, 0.3) is 5.69 Å². The molecule has 1 heterocycles. The highest BCUT2D eigenvalue weighted by atomic mass is 79.9. The Bertz CT molecular complexity index is 419. The third-order valence-corrected chi connectivity index (χ3v) is 3.39. The number of nitro groups is 1. The molecule has 92 valence electrons. The second-order valence-corrected chi connectivity index (χ2v) is 4.79. The van der Waals surface area contributed by atoms with Gasteiger partial charge in [0.05, 0.1) is 22.6 Å². The van der Waals surface area contributed by atoms with Crippen LogP contribution in [-0.2, 0) is 11.3 Å². The summed E-state index contributed by atoms with van der Waals surface area (Å²) in [4.78, 5) is 12.7. The number of nitro benzene ring substituents is 1. The molecular weight excluding hydrogens is 288 g/mol. The molecule has 0 aromatic heterocycles. The highest BCUT2D eigenvalue weighted by molar-refractivity contribution is 9.10. The van der Waals surface area contributed by atoms with E-state index in [9.17, 15) is 10.1 Å². The van der Waals surface area contributed by atoms with Gasteiger partial charge in [-0.05, 0) is 27.6 Å². The molecule has 0 amide bonds. The Kier molecular flexibility index (Phi) is 4.09. The van der Waals surface area contributed by atoms with Gasteiger partial charge in [-0.25, -0.2) is 0 Å². The van der Waals surface area contributed by atoms with Crippen LogP contribution in [0.5, 0.6) is 0 Å². The van der Waals surface area contributed by atoms with E-state index in [2.05, 4.69) is 20.8 Å². The van der Waals surface area contributed by atoms with Crippen LogP contribution in [0, 0.1) is 10.1 Å². The number of rotatable bonds is 3. The fraction of sp³-hybridized carbons (Fsp3) is 0.455. The van der Waals surface area contributed by atoms with Gasteiger partial charge in [-0.1, -0.05) is 6.07 Å². The minimum atomic E-state index is -0.368. The standard InChI is InChI=1S/C11H13BrN2O3/c12-10-2-1-9(7-11(10)14(15)16)8-13-3-5-17-6-4-13/h1-2,7H,3-6,8H2. The summed E-state index contributed by atoms with van der Waals surface area (Å²) in [6.45, 7) is 3.96. The molecule has 0 spiro atoms. The van der Waals surface area contributed by atoms with E-state index in [1.807, 2.05) is 6.07 Å². The average molecular weight is 301 g/mol. The molecule has 0 radical (unpaired) electrons. The van der Waals surface area contributed by atoms with Crippen molar-refractivity contribution < 1.29 is 9.66 Å². The van der Waals surface area contributed by atoms with Crippen molar-refractivity contribution in [1.29, 1.82) is 0 Å². The van der Waals surface area contributed by atoms with Gasteiger partial charge in [0, 0.05) is 25.7 Å². The van der Waals surface area contributed by atoms with Crippen LogP contribution < -0.4 is 0 Å². The van der Waals surface area contributed by atoms with Crippen molar-refractivity contribution in [2.45, 2.75) is 6.54 Å². The third-order valence-electron chi connectivity index (χ3n) is 2.72. The van der Waals surface area contributed by atoms with Gasteiger partial charge in [-0.15, -0.1) is 0 Å². The third kappa shape index (κ3) is 3.24. The molecular formula is C11H13BrN2O3. The van der Waals surface area contributed by atoms with Gasteiger partial charge < -0.3 is 4.74 Å². The number of halogens is 1. The zero-order chi connectivity index (χ0) is 12.3. The lowest BCUT2D eigenvalue weighted by Gasteiger charge is -2.26. The summed E-state index contributed by atoms with van der Waals surface area (Å²) in [5.41, 5.74) is 1.08. The quantitative estimate of drug-likeness (QED) is 0.634. The molecule has 1 aromatic carbocycles. The topological polar surface area (TPSA) is 55.6 Å². The fourth-order valence-corrected chi connectivity index (χ4v) is 2.21. The van der Waals surface area contributed by atoms with Gasteiger partial charge >= 0.3 is 0 Å². The second-order valence-electron chi connectivity index (χ2n) is 3.93. The molecule has 0 unspecified atom stereocenters. The van der Waals surface area contributed by atoms with Crippen LogP contribution in [0.1, 0.15) is 5.56 Å². The lowest BCUT2D eigenvalue weighted by molar-refractivity contribution is -0.385. The number of hydrogen-bond acceptors (Lipinski definition) is 4. The largest absolute Gasteiger partial charge is 0.379 e. The van der Waals surface area contributed by atoms with Gasteiger partial charge in [-0.2, -0.15) is 0 Å².